The van der Waals surface area contributed by atoms with Gasteiger partial charge in [-0.05, 0) is 100 Å². The van der Waals surface area contributed by atoms with Crippen LogP contribution >= 0.6 is 0 Å². The summed E-state index contributed by atoms with van der Waals surface area (Å²) in [5, 5.41) is 9.38. The third-order valence-electron chi connectivity index (χ3n) is 9.14. The van der Waals surface area contributed by atoms with Gasteiger partial charge < -0.3 is 9.64 Å². The van der Waals surface area contributed by atoms with Gasteiger partial charge in [0, 0.05) is 17.8 Å². The van der Waals surface area contributed by atoms with Crippen molar-refractivity contribution in [3.05, 3.63) is 112 Å². The van der Waals surface area contributed by atoms with Crippen molar-refractivity contribution in [1.82, 2.24) is 4.90 Å². The lowest BCUT2D eigenvalue weighted by atomic mass is 9.84. The zero-order chi connectivity index (χ0) is 35.7. The van der Waals surface area contributed by atoms with Gasteiger partial charge in [0.25, 0.3) is 0 Å². The second-order valence-electron chi connectivity index (χ2n) is 13.8. The number of ether oxygens (including phenoxy) is 1. The van der Waals surface area contributed by atoms with E-state index in [1.54, 1.807) is 31.2 Å². The molecule has 256 valence electrons. The molecule has 0 aromatic heterocycles. The predicted molar refractivity (Wildman–Crippen MR) is 179 cm³/mol. The molecule has 2 amide bonds. The Morgan fingerprint density at radius 3 is 2.16 bits per heavy atom. The number of urea groups is 1. The van der Waals surface area contributed by atoms with Crippen molar-refractivity contribution in [2.75, 3.05) is 4.90 Å². The van der Waals surface area contributed by atoms with E-state index >= 15 is 0 Å². The summed E-state index contributed by atoms with van der Waals surface area (Å²) >= 11 is 0. The molecule has 10 heteroatoms. The van der Waals surface area contributed by atoms with Gasteiger partial charge in [0.1, 0.15) is 5.60 Å². The molecule has 7 nitrogen and oxygen atoms in total. The summed E-state index contributed by atoms with van der Waals surface area (Å²) in [6, 6.07) is 19.0. The highest BCUT2D eigenvalue weighted by atomic mass is 19.4. The molecule has 0 radical (unpaired) electrons. The van der Waals surface area contributed by atoms with Crippen molar-refractivity contribution < 1.29 is 32.3 Å². The van der Waals surface area contributed by atoms with Crippen LogP contribution in [0.1, 0.15) is 100 Å². The number of nitriles is 1. The standard InChI is InChI=1S/C39H40F3N3O4/c1-24-33(25(2)46)35(30-19-13-26(22-43)14-20-30)44(37(48)45(24)32-12-8-11-31(21-32)39(40,41)42)23-27-15-17-29(18-16-27)34(28-9-6-7-10-28)36(47)49-38(3,4)5/h8,11-21,28,34-35H,6-7,9-10,23H2,1-5H3. The third-order valence-corrected chi connectivity index (χ3v) is 9.14. The van der Waals surface area contributed by atoms with Gasteiger partial charge in [0.2, 0.25) is 0 Å². The Hall–Kier alpha value is -4.91. The Balaban J connectivity index is 1.58. The summed E-state index contributed by atoms with van der Waals surface area (Å²) < 4.78 is 47.0. The number of allylic oxidation sites excluding steroid dienone is 1. The smallest absolute Gasteiger partial charge is 0.416 e. The SMILES string of the molecule is CC(=O)C1=C(C)N(c2cccc(C(F)(F)F)c2)C(=O)N(Cc2ccc(C(C(=O)OC(C)(C)C)C3CCCC3)cc2)C1c1ccc(C#N)cc1. The number of rotatable bonds is 8. The van der Waals surface area contributed by atoms with Gasteiger partial charge in [0.05, 0.1) is 34.8 Å². The molecule has 2 aliphatic rings. The number of benzene rings is 3. The van der Waals surface area contributed by atoms with Crippen LogP contribution < -0.4 is 4.90 Å². The zero-order valence-electron chi connectivity index (χ0n) is 28.3. The van der Waals surface area contributed by atoms with E-state index in [-0.39, 0.29) is 41.2 Å². The van der Waals surface area contributed by atoms with Gasteiger partial charge in [0.15, 0.2) is 5.78 Å². The van der Waals surface area contributed by atoms with Crippen molar-refractivity contribution in [2.24, 2.45) is 5.92 Å². The molecule has 2 atom stereocenters. The molecule has 0 N–H and O–H groups in total. The van der Waals surface area contributed by atoms with Crippen LogP contribution in [0.2, 0.25) is 0 Å². The molecule has 0 saturated heterocycles. The third kappa shape index (κ3) is 7.72. The number of amides is 2. The zero-order valence-corrected chi connectivity index (χ0v) is 28.3. The number of alkyl halides is 3. The van der Waals surface area contributed by atoms with Gasteiger partial charge in [-0.2, -0.15) is 18.4 Å². The fourth-order valence-electron chi connectivity index (χ4n) is 6.96. The van der Waals surface area contributed by atoms with Crippen molar-refractivity contribution in [3.8, 4) is 6.07 Å². The fourth-order valence-corrected chi connectivity index (χ4v) is 6.96. The summed E-state index contributed by atoms with van der Waals surface area (Å²) in [6.07, 6.45) is -0.707. The Morgan fingerprint density at radius 1 is 0.980 bits per heavy atom. The molecule has 1 aliphatic heterocycles. The quantitative estimate of drug-likeness (QED) is 0.223. The molecule has 3 aromatic carbocycles. The maximum atomic E-state index is 14.5. The molecule has 1 heterocycles. The molecule has 5 rings (SSSR count). The number of hydrogen-bond donors (Lipinski definition) is 0. The van der Waals surface area contributed by atoms with Gasteiger partial charge in [-0.1, -0.05) is 55.3 Å². The number of ketones is 1. The molecule has 3 aromatic rings. The van der Waals surface area contributed by atoms with Crippen molar-refractivity contribution in [2.45, 2.75) is 90.6 Å². The number of hydrogen-bond acceptors (Lipinski definition) is 5. The predicted octanol–water partition coefficient (Wildman–Crippen LogP) is 9.24. The first-order chi connectivity index (χ1) is 23.1. The summed E-state index contributed by atoms with van der Waals surface area (Å²) in [4.78, 5) is 43.8. The van der Waals surface area contributed by atoms with Gasteiger partial charge in [-0.3, -0.25) is 14.5 Å². The Kier molecular flexibility index (Phi) is 10.0. The van der Waals surface area contributed by atoms with Crippen LogP contribution in [0.5, 0.6) is 0 Å². The van der Waals surface area contributed by atoms with Crippen molar-refractivity contribution in [1.29, 1.82) is 5.26 Å². The van der Waals surface area contributed by atoms with Gasteiger partial charge in [-0.15, -0.1) is 0 Å². The van der Waals surface area contributed by atoms with E-state index in [1.807, 2.05) is 45.0 Å². The molecule has 0 spiro atoms. The summed E-state index contributed by atoms with van der Waals surface area (Å²) in [5.41, 5.74) is 1.34. The Bertz CT molecular complexity index is 1800. The topological polar surface area (TPSA) is 90.7 Å². The second kappa shape index (κ2) is 13.9. The lowest BCUT2D eigenvalue weighted by Crippen LogP contribution is -2.50. The lowest BCUT2D eigenvalue weighted by Gasteiger charge is -2.43. The number of anilines is 1. The highest BCUT2D eigenvalue weighted by molar-refractivity contribution is 6.04. The van der Waals surface area contributed by atoms with Crippen molar-refractivity contribution in [3.63, 3.8) is 0 Å². The van der Waals surface area contributed by atoms with E-state index in [2.05, 4.69) is 6.07 Å². The first-order valence-electron chi connectivity index (χ1n) is 16.4. The van der Waals surface area contributed by atoms with E-state index in [0.717, 1.165) is 48.3 Å². The molecule has 1 aliphatic carbocycles. The first kappa shape index (κ1) is 35.4. The number of esters is 1. The molecule has 1 saturated carbocycles. The first-order valence-corrected chi connectivity index (χ1v) is 16.4. The number of halogens is 3. The van der Waals surface area contributed by atoms with E-state index in [4.69, 9.17) is 4.74 Å². The van der Waals surface area contributed by atoms with Crippen LogP contribution in [0, 0.1) is 17.2 Å². The Morgan fingerprint density at radius 2 is 1.61 bits per heavy atom. The van der Waals surface area contributed by atoms with Crippen LogP contribution in [0.3, 0.4) is 0 Å². The van der Waals surface area contributed by atoms with E-state index in [1.165, 1.54) is 24.0 Å². The van der Waals surface area contributed by atoms with Crippen LogP contribution in [-0.4, -0.2) is 28.3 Å². The molecule has 1 fully saturated rings. The van der Waals surface area contributed by atoms with Gasteiger partial charge >= 0.3 is 18.2 Å². The maximum absolute atomic E-state index is 14.5. The van der Waals surface area contributed by atoms with Crippen LogP contribution in [0.15, 0.2) is 84.1 Å². The number of Topliss-reactive ketones (excluding diaryl/α,β-unsaturated/α-hetero) is 1. The number of nitrogens with zero attached hydrogens (tertiary/aromatic N) is 3. The minimum Gasteiger partial charge on any atom is -0.459 e. The monoisotopic (exact) mass is 671 g/mol. The largest absolute Gasteiger partial charge is 0.459 e. The average Bonchev–Trinajstić information content (AvgIpc) is 3.56. The van der Waals surface area contributed by atoms with Crippen LogP contribution in [0.4, 0.5) is 23.7 Å². The highest BCUT2D eigenvalue weighted by Crippen LogP contribution is 2.43. The summed E-state index contributed by atoms with van der Waals surface area (Å²) in [5.74, 6) is -0.918. The summed E-state index contributed by atoms with van der Waals surface area (Å²) in [6.45, 7) is 8.44. The van der Waals surface area contributed by atoms with Crippen molar-refractivity contribution >= 4 is 23.5 Å². The Labute approximate surface area is 285 Å². The molecular formula is C39H40F3N3O4. The number of carbonyl (C=O) groups excluding carboxylic acids is 3. The summed E-state index contributed by atoms with van der Waals surface area (Å²) in [7, 11) is 0. The molecular weight excluding hydrogens is 631 g/mol. The van der Waals surface area contributed by atoms with Crippen LogP contribution in [-0.2, 0) is 27.0 Å². The molecule has 2 unspecified atom stereocenters. The van der Waals surface area contributed by atoms with E-state index < -0.39 is 35.3 Å². The lowest BCUT2D eigenvalue weighted by molar-refractivity contribution is -0.158. The minimum atomic E-state index is -4.64. The van der Waals surface area contributed by atoms with Gasteiger partial charge in [-0.25, -0.2) is 4.79 Å². The second-order valence-corrected chi connectivity index (χ2v) is 13.8. The van der Waals surface area contributed by atoms with Crippen LogP contribution in [0.25, 0.3) is 0 Å². The number of carbonyl (C=O) groups is 3. The molecule has 0 bridgehead atoms. The minimum absolute atomic E-state index is 0.00381. The maximum Gasteiger partial charge on any atom is 0.416 e. The normalized spacial score (nSPS) is 18.0. The fraction of sp³-hybridized carbons (Fsp3) is 0.385. The molecule has 49 heavy (non-hydrogen) atoms. The highest BCUT2D eigenvalue weighted by Gasteiger charge is 2.42. The van der Waals surface area contributed by atoms with E-state index in [0.29, 0.717) is 16.7 Å². The van der Waals surface area contributed by atoms with E-state index in [9.17, 15) is 32.8 Å². The average molecular weight is 672 g/mol.